The number of nitrogens with two attached hydrogens (primary N) is 1. The summed E-state index contributed by atoms with van der Waals surface area (Å²) in [5, 5.41) is 1.85. The van der Waals surface area contributed by atoms with Gasteiger partial charge in [-0.2, -0.15) is 0 Å². The molecule has 6 heteroatoms. The first-order valence-corrected chi connectivity index (χ1v) is 5.93. The van der Waals surface area contributed by atoms with Gasteiger partial charge in [0.15, 0.2) is 0 Å². The Morgan fingerprint density at radius 1 is 1.12 bits per heavy atom. The van der Waals surface area contributed by atoms with Crippen molar-refractivity contribution in [3.63, 3.8) is 0 Å². The molecule has 0 atom stereocenters. The van der Waals surface area contributed by atoms with Crippen LogP contribution in [-0.2, 0) is 0 Å². The fourth-order valence-corrected chi connectivity index (χ4v) is 2.18. The lowest BCUT2D eigenvalue weighted by molar-refractivity contribution is 1.13. The Kier molecular flexibility index (Phi) is 3.53. The van der Waals surface area contributed by atoms with Crippen LogP contribution in [0.5, 0.6) is 0 Å². The number of nitrogen functional groups attached to an aromatic ring is 1. The monoisotopic (exact) mass is 271 g/mol. The number of rotatable bonds is 2. The van der Waals surface area contributed by atoms with Crippen molar-refractivity contribution in [1.82, 2.24) is 9.97 Å². The molecule has 2 N–H and O–H groups in total. The van der Waals surface area contributed by atoms with Crippen LogP contribution < -0.4 is 5.73 Å². The van der Waals surface area contributed by atoms with Crippen LogP contribution in [0.1, 0.15) is 0 Å². The fourth-order valence-electron chi connectivity index (χ4n) is 1.06. The number of anilines is 1. The molecule has 0 saturated heterocycles. The molecule has 2 rings (SSSR count). The molecule has 0 aromatic carbocycles. The zero-order valence-corrected chi connectivity index (χ0v) is 10.4. The van der Waals surface area contributed by atoms with E-state index in [9.17, 15) is 0 Å². The molecule has 3 nitrogen and oxygen atoms in total. The molecule has 16 heavy (non-hydrogen) atoms. The molecular formula is C10H7Cl2N3S. The van der Waals surface area contributed by atoms with Gasteiger partial charge in [-0.3, -0.25) is 0 Å². The van der Waals surface area contributed by atoms with Crippen molar-refractivity contribution in [2.24, 2.45) is 0 Å². The van der Waals surface area contributed by atoms with Crippen LogP contribution in [-0.4, -0.2) is 9.97 Å². The highest BCUT2D eigenvalue weighted by atomic mass is 35.5. The maximum Gasteiger partial charge on any atom is 0.143 e. The van der Waals surface area contributed by atoms with E-state index in [1.807, 2.05) is 6.07 Å². The minimum atomic E-state index is 0.320. The third kappa shape index (κ3) is 2.58. The molecule has 2 heterocycles. The topological polar surface area (TPSA) is 51.8 Å². The van der Waals surface area contributed by atoms with Crippen LogP contribution in [0.4, 0.5) is 5.82 Å². The Morgan fingerprint density at radius 2 is 1.94 bits per heavy atom. The highest BCUT2D eigenvalue weighted by molar-refractivity contribution is 7.99. The van der Waals surface area contributed by atoms with Gasteiger partial charge < -0.3 is 5.73 Å². The summed E-state index contributed by atoms with van der Waals surface area (Å²) in [7, 11) is 0. The second-order valence-corrected chi connectivity index (χ2v) is 4.80. The first-order chi connectivity index (χ1) is 7.66. The van der Waals surface area contributed by atoms with E-state index < -0.39 is 0 Å². The Morgan fingerprint density at radius 3 is 2.62 bits per heavy atom. The van der Waals surface area contributed by atoms with Gasteiger partial charge >= 0.3 is 0 Å². The molecule has 0 spiro atoms. The summed E-state index contributed by atoms with van der Waals surface area (Å²) in [5.74, 6) is 0.320. The minimum Gasteiger partial charge on any atom is -0.382 e. The van der Waals surface area contributed by atoms with Crippen LogP contribution in [0.15, 0.2) is 40.5 Å². The summed E-state index contributed by atoms with van der Waals surface area (Å²) < 4.78 is 0. The van der Waals surface area contributed by atoms with Crippen molar-refractivity contribution in [3.05, 3.63) is 40.6 Å². The van der Waals surface area contributed by atoms with Crippen LogP contribution in [0.2, 0.25) is 10.0 Å². The van der Waals surface area contributed by atoms with Crippen LogP contribution in [0, 0.1) is 0 Å². The Balaban J connectivity index is 2.27. The average molecular weight is 272 g/mol. The lowest BCUT2D eigenvalue weighted by Crippen LogP contribution is -1.91. The SMILES string of the molecule is Nc1nccc(Sc2ccc(Cl)cn2)c1Cl. The summed E-state index contributed by atoms with van der Waals surface area (Å²) in [4.78, 5) is 8.86. The van der Waals surface area contributed by atoms with Gasteiger partial charge in [0, 0.05) is 17.3 Å². The maximum absolute atomic E-state index is 6.01. The van der Waals surface area contributed by atoms with Gasteiger partial charge in [0.25, 0.3) is 0 Å². The maximum atomic E-state index is 6.01. The zero-order valence-electron chi connectivity index (χ0n) is 8.02. The quantitative estimate of drug-likeness (QED) is 0.908. The third-order valence-corrected chi connectivity index (χ3v) is 3.54. The van der Waals surface area contributed by atoms with E-state index in [2.05, 4.69) is 9.97 Å². The molecule has 0 fully saturated rings. The van der Waals surface area contributed by atoms with E-state index in [1.165, 1.54) is 11.8 Å². The van der Waals surface area contributed by atoms with Crippen molar-refractivity contribution in [2.75, 3.05) is 5.73 Å². The van der Waals surface area contributed by atoms with E-state index in [-0.39, 0.29) is 0 Å². The zero-order chi connectivity index (χ0) is 11.5. The molecular weight excluding hydrogens is 265 g/mol. The molecule has 0 aliphatic heterocycles. The van der Waals surface area contributed by atoms with Gasteiger partial charge in [0.2, 0.25) is 0 Å². The van der Waals surface area contributed by atoms with Crippen molar-refractivity contribution >= 4 is 40.8 Å². The normalized spacial score (nSPS) is 10.4. The molecule has 0 unspecified atom stereocenters. The smallest absolute Gasteiger partial charge is 0.143 e. The van der Waals surface area contributed by atoms with E-state index >= 15 is 0 Å². The number of hydrogen-bond donors (Lipinski definition) is 1. The summed E-state index contributed by atoms with van der Waals surface area (Å²) >= 11 is 13.2. The first-order valence-electron chi connectivity index (χ1n) is 4.36. The summed E-state index contributed by atoms with van der Waals surface area (Å²) in [6.07, 6.45) is 3.20. The van der Waals surface area contributed by atoms with Crippen molar-refractivity contribution in [1.29, 1.82) is 0 Å². The molecule has 0 bridgehead atoms. The second kappa shape index (κ2) is 4.91. The van der Waals surface area contributed by atoms with Crippen molar-refractivity contribution in [3.8, 4) is 0 Å². The van der Waals surface area contributed by atoms with Gasteiger partial charge in [0.1, 0.15) is 10.8 Å². The lowest BCUT2D eigenvalue weighted by Gasteiger charge is -2.04. The molecule has 0 radical (unpaired) electrons. The highest BCUT2D eigenvalue weighted by Crippen LogP contribution is 2.34. The first kappa shape index (κ1) is 11.5. The Bertz CT molecular complexity index is 502. The predicted molar refractivity (Wildman–Crippen MR) is 67.0 cm³/mol. The summed E-state index contributed by atoms with van der Waals surface area (Å²) in [6.45, 7) is 0. The van der Waals surface area contributed by atoms with E-state index in [0.717, 1.165) is 9.92 Å². The fraction of sp³-hybridized carbons (Fsp3) is 0. The van der Waals surface area contributed by atoms with Crippen LogP contribution in [0.3, 0.4) is 0 Å². The molecule has 2 aromatic heterocycles. The standard InChI is InChI=1S/C10H7Cl2N3S/c11-6-1-2-8(15-5-6)16-7-3-4-14-10(13)9(7)12/h1-5H,(H2,13,14). The highest BCUT2D eigenvalue weighted by Gasteiger charge is 2.06. The van der Waals surface area contributed by atoms with Gasteiger partial charge in [-0.25, -0.2) is 9.97 Å². The Labute approximate surface area is 107 Å². The van der Waals surface area contributed by atoms with Crippen LogP contribution in [0.25, 0.3) is 0 Å². The molecule has 2 aromatic rings. The number of hydrogen-bond acceptors (Lipinski definition) is 4. The summed E-state index contributed by atoms with van der Waals surface area (Å²) in [6, 6.07) is 5.38. The molecule has 0 aliphatic rings. The average Bonchev–Trinajstić information content (AvgIpc) is 2.28. The summed E-state index contributed by atoms with van der Waals surface area (Å²) in [5.41, 5.74) is 5.60. The van der Waals surface area contributed by atoms with Gasteiger partial charge in [0.05, 0.1) is 10.0 Å². The Hall–Kier alpha value is -0.970. The van der Waals surface area contributed by atoms with Crippen molar-refractivity contribution < 1.29 is 0 Å². The molecule has 82 valence electrons. The predicted octanol–water partition coefficient (Wildman–Crippen LogP) is 3.52. The van der Waals surface area contributed by atoms with Gasteiger partial charge in [-0.15, -0.1) is 0 Å². The number of nitrogens with zero attached hydrogens (tertiary/aromatic N) is 2. The van der Waals surface area contributed by atoms with Crippen molar-refractivity contribution in [2.45, 2.75) is 9.92 Å². The molecule has 0 saturated carbocycles. The number of aromatic nitrogens is 2. The number of pyridine rings is 2. The largest absolute Gasteiger partial charge is 0.382 e. The van der Waals surface area contributed by atoms with E-state index in [1.54, 1.807) is 24.5 Å². The van der Waals surface area contributed by atoms with Crippen LogP contribution >= 0.6 is 35.0 Å². The van der Waals surface area contributed by atoms with Gasteiger partial charge in [-0.1, -0.05) is 35.0 Å². The van der Waals surface area contributed by atoms with Gasteiger partial charge in [-0.05, 0) is 18.2 Å². The molecule has 0 aliphatic carbocycles. The number of halogens is 2. The second-order valence-electron chi connectivity index (χ2n) is 2.93. The minimum absolute atomic E-state index is 0.320. The third-order valence-electron chi connectivity index (χ3n) is 1.80. The van der Waals surface area contributed by atoms with E-state index in [4.69, 9.17) is 28.9 Å². The van der Waals surface area contributed by atoms with E-state index in [0.29, 0.717) is 15.9 Å². The molecule has 0 amide bonds. The lowest BCUT2D eigenvalue weighted by atomic mass is 10.5.